The molecule has 5 heteroatoms. The van der Waals surface area contributed by atoms with Gasteiger partial charge in [-0.25, -0.2) is 4.68 Å². The molecular formula is C12H19N5. The number of aromatic nitrogens is 4. The first kappa shape index (κ1) is 11.7. The molecule has 2 heterocycles. The molecule has 17 heavy (non-hydrogen) atoms. The SMILES string of the molecule is Cc1cc(N)n(C(C)c2c(C)nn(C)c2C)n1. The Kier molecular flexibility index (Phi) is 2.69. The average Bonchev–Trinajstić information content (AvgIpc) is 2.68. The first-order chi connectivity index (χ1) is 7.91. The fraction of sp³-hybridized carbons (Fsp3) is 0.500. The third-order valence-electron chi connectivity index (χ3n) is 3.24. The molecule has 0 aliphatic heterocycles. The highest BCUT2D eigenvalue weighted by molar-refractivity contribution is 5.35. The lowest BCUT2D eigenvalue weighted by molar-refractivity contribution is 0.563. The summed E-state index contributed by atoms with van der Waals surface area (Å²) in [7, 11) is 1.95. The van der Waals surface area contributed by atoms with Crippen LogP contribution >= 0.6 is 0 Å². The van der Waals surface area contributed by atoms with Crippen LogP contribution in [-0.2, 0) is 7.05 Å². The molecule has 2 N–H and O–H groups in total. The second-order valence-electron chi connectivity index (χ2n) is 4.54. The van der Waals surface area contributed by atoms with E-state index in [1.54, 1.807) is 0 Å². The van der Waals surface area contributed by atoms with Gasteiger partial charge in [-0.3, -0.25) is 4.68 Å². The van der Waals surface area contributed by atoms with E-state index >= 15 is 0 Å². The number of hydrogen-bond acceptors (Lipinski definition) is 3. The van der Waals surface area contributed by atoms with Gasteiger partial charge in [0.2, 0.25) is 0 Å². The Labute approximate surface area is 101 Å². The Bertz CT molecular complexity index is 549. The van der Waals surface area contributed by atoms with Crippen LogP contribution in [-0.4, -0.2) is 19.6 Å². The zero-order valence-electron chi connectivity index (χ0n) is 11.0. The third kappa shape index (κ3) is 1.81. The highest BCUT2D eigenvalue weighted by Gasteiger charge is 2.19. The summed E-state index contributed by atoms with van der Waals surface area (Å²) < 4.78 is 3.75. The van der Waals surface area contributed by atoms with Crippen LogP contribution in [0, 0.1) is 20.8 Å². The molecular weight excluding hydrogens is 214 g/mol. The molecule has 2 aromatic heterocycles. The summed E-state index contributed by atoms with van der Waals surface area (Å²) in [5, 5.41) is 8.86. The van der Waals surface area contributed by atoms with Crippen LogP contribution < -0.4 is 5.73 Å². The monoisotopic (exact) mass is 233 g/mol. The molecule has 0 aliphatic carbocycles. The Hall–Kier alpha value is -1.78. The number of nitrogen functional groups attached to an aromatic ring is 1. The maximum atomic E-state index is 5.96. The van der Waals surface area contributed by atoms with Crippen molar-refractivity contribution in [1.82, 2.24) is 19.6 Å². The summed E-state index contributed by atoms with van der Waals surface area (Å²) in [6.07, 6.45) is 0. The normalized spacial score (nSPS) is 13.0. The van der Waals surface area contributed by atoms with E-state index in [1.807, 2.05) is 36.3 Å². The first-order valence-corrected chi connectivity index (χ1v) is 5.73. The lowest BCUT2D eigenvalue weighted by atomic mass is 10.1. The van der Waals surface area contributed by atoms with Crippen molar-refractivity contribution in [2.45, 2.75) is 33.7 Å². The van der Waals surface area contributed by atoms with Crippen LogP contribution in [0.25, 0.3) is 0 Å². The minimum atomic E-state index is 0.109. The van der Waals surface area contributed by atoms with Gasteiger partial charge in [-0.15, -0.1) is 0 Å². The van der Waals surface area contributed by atoms with Crippen molar-refractivity contribution in [3.05, 3.63) is 28.7 Å². The van der Waals surface area contributed by atoms with E-state index in [0.29, 0.717) is 5.82 Å². The molecule has 0 amide bonds. The Morgan fingerprint density at radius 3 is 2.29 bits per heavy atom. The van der Waals surface area contributed by atoms with Crippen LogP contribution in [0.5, 0.6) is 0 Å². The van der Waals surface area contributed by atoms with E-state index in [1.165, 1.54) is 5.56 Å². The summed E-state index contributed by atoms with van der Waals surface area (Å²) in [4.78, 5) is 0. The van der Waals surface area contributed by atoms with E-state index < -0.39 is 0 Å². The molecule has 0 aromatic carbocycles. The Morgan fingerprint density at radius 1 is 1.24 bits per heavy atom. The fourth-order valence-corrected chi connectivity index (χ4v) is 2.36. The molecule has 0 fully saturated rings. The number of hydrogen-bond donors (Lipinski definition) is 1. The van der Waals surface area contributed by atoms with E-state index in [0.717, 1.165) is 17.1 Å². The predicted octanol–water partition coefficient (Wildman–Crippen LogP) is 1.73. The van der Waals surface area contributed by atoms with Gasteiger partial charge in [0.25, 0.3) is 0 Å². The van der Waals surface area contributed by atoms with E-state index in [2.05, 4.69) is 24.0 Å². The topological polar surface area (TPSA) is 61.7 Å². The largest absolute Gasteiger partial charge is 0.384 e. The van der Waals surface area contributed by atoms with Gasteiger partial charge in [0, 0.05) is 24.4 Å². The second kappa shape index (κ2) is 3.91. The third-order valence-corrected chi connectivity index (χ3v) is 3.24. The summed E-state index contributed by atoms with van der Waals surface area (Å²) >= 11 is 0. The smallest absolute Gasteiger partial charge is 0.122 e. The van der Waals surface area contributed by atoms with Gasteiger partial charge in [-0.05, 0) is 27.7 Å². The zero-order valence-corrected chi connectivity index (χ0v) is 11.0. The molecule has 0 spiro atoms. The zero-order chi connectivity index (χ0) is 12.7. The van der Waals surface area contributed by atoms with Crippen LogP contribution in [0.2, 0.25) is 0 Å². The number of anilines is 1. The number of rotatable bonds is 2. The Morgan fingerprint density at radius 2 is 1.88 bits per heavy atom. The van der Waals surface area contributed by atoms with Crippen molar-refractivity contribution >= 4 is 5.82 Å². The lowest BCUT2D eigenvalue weighted by Crippen LogP contribution is -2.13. The summed E-state index contributed by atoms with van der Waals surface area (Å²) in [5.41, 5.74) is 10.3. The van der Waals surface area contributed by atoms with E-state index in [4.69, 9.17) is 5.73 Å². The van der Waals surface area contributed by atoms with E-state index in [-0.39, 0.29) is 6.04 Å². The predicted molar refractivity (Wildman–Crippen MR) is 67.9 cm³/mol. The van der Waals surface area contributed by atoms with Gasteiger partial charge in [-0.1, -0.05) is 0 Å². The van der Waals surface area contributed by atoms with Crippen molar-refractivity contribution < 1.29 is 0 Å². The van der Waals surface area contributed by atoms with Gasteiger partial charge >= 0.3 is 0 Å². The minimum Gasteiger partial charge on any atom is -0.384 e. The Balaban J connectivity index is 2.50. The number of nitrogens with two attached hydrogens (primary N) is 1. The quantitative estimate of drug-likeness (QED) is 0.859. The van der Waals surface area contributed by atoms with Gasteiger partial charge in [0.05, 0.1) is 17.4 Å². The number of aryl methyl sites for hydroxylation is 3. The molecule has 0 aliphatic rings. The maximum Gasteiger partial charge on any atom is 0.122 e. The molecule has 0 bridgehead atoms. The summed E-state index contributed by atoms with van der Waals surface area (Å²) in [6.45, 7) is 8.13. The number of nitrogens with zero attached hydrogens (tertiary/aromatic N) is 4. The highest BCUT2D eigenvalue weighted by atomic mass is 15.3. The highest BCUT2D eigenvalue weighted by Crippen LogP contribution is 2.26. The molecule has 5 nitrogen and oxygen atoms in total. The van der Waals surface area contributed by atoms with Crippen LogP contribution in [0.4, 0.5) is 5.82 Å². The van der Waals surface area contributed by atoms with Crippen molar-refractivity contribution in [3.63, 3.8) is 0 Å². The van der Waals surface area contributed by atoms with Crippen molar-refractivity contribution in [2.24, 2.45) is 7.05 Å². The molecule has 2 rings (SSSR count). The molecule has 92 valence electrons. The minimum absolute atomic E-state index is 0.109. The molecule has 0 radical (unpaired) electrons. The fourth-order valence-electron chi connectivity index (χ4n) is 2.36. The molecule has 0 saturated carbocycles. The summed E-state index contributed by atoms with van der Waals surface area (Å²) in [5.74, 6) is 0.692. The average molecular weight is 233 g/mol. The van der Waals surface area contributed by atoms with Crippen molar-refractivity contribution in [3.8, 4) is 0 Å². The molecule has 2 aromatic rings. The van der Waals surface area contributed by atoms with Crippen molar-refractivity contribution in [1.29, 1.82) is 0 Å². The second-order valence-corrected chi connectivity index (χ2v) is 4.54. The van der Waals surface area contributed by atoms with Crippen LogP contribution in [0.15, 0.2) is 6.07 Å². The first-order valence-electron chi connectivity index (χ1n) is 5.73. The van der Waals surface area contributed by atoms with Crippen molar-refractivity contribution in [2.75, 3.05) is 5.73 Å². The molecule has 1 unspecified atom stereocenters. The standard InChI is InChI=1S/C12H19N5/c1-7-6-11(13)17(14-7)10(4)12-8(2)15-16(5)9(12)3/h6,10H,13H2,1-5H3. The molecule has 0 saturated heterocycles. The lowest BCUT2D eigenvalue weighted by Gasteiger charge is -2.14. The van der Waals surface area contributed by atoms with Gasteiger partial charge in [-0.2, -0.15) is 10.2 Å². The van der Waals surface area contributed by atoms with Gasteiger partial charge < -0.3 is 5.73 Å². The maximum absolute atomic E-state index is 5.96. The summed E-state index contributed by atoms with van der Waals surface area (Å²) in [6, 6.07) is 2.00. The van der Waals surface area contributed by atoms with Crippen LogP contribution in [0.1, 0.15) is 35.6 Å². The van der Waals surface area contributed by atoms with Gasteiger partial charge in [0.1, 0.15) is 5.82 Å². The van der Waals surface area contributed by atoms with Gasteiger partial charge in [0.15, 0.2) is 0 Å². The van der Waals surface area contributed by atoms with Crippen LogP contribution in [0.3, 0.4) is 0 Å². The molecule has 1 atom stereocenters. The van der Waals surface area contributed by atoms with E-state index in [9.17, 15) is 0 Å².